The van der Waals surface area contributed by atoms with Crippen LogP contribution in [0.1, 0.15) is 54.2 Å². The Balaban J connectivity index is 1.46. The SMILES string of the molecule is C=C[C@@H]1OC(=O)c2ccc(Nc3cc4c([C@](C)(N)COC)cnc(O[C@H]5C[C@H](CS(C)(=O)=O)C5)c4cn3)nc2[C@H]1C. The van der Waals surface area contributed by atoms with Crippen molar-refractivity contribution in [3.8, 4) is 5.88 Å². The van der Waals surface area contributed by atoms with E-state index in [0.29, 0.717) is 47.0 Å². The number of aromatic nitrogens is 3. The molecule has 41 heavy (non-hydrogen) atoms. The van der Waals surface area contributed by atoms with Crippen molar-refractivity contribution in [1.82, 2.24) is 15.0 Å². The highest BCUT2D eigenvalue weighted by Crippen LogP contribution is 2.37. The van der Waals surface area contributed by atoms with E-state index in [4.69, 9.17) is 24.9 Å². The molecule has 0 unspecified atom stereocenters. The van der Waals surface area contributed by atoms with Crippen LogP contribution in [0.2, 0.25) is 0 Å². The molecule has 1 fully saturated rings. The van der Waals surface area contributed by atoms with Crippen molar-refractivity contribution in [2.75, 3.05) is 31.0 Å². The predicted octanol–water partition coefficient (Wildman–Crippen LogP) is 3.62. The van der Waals surface area contributed by atoms with E-state index in [1.54, 1.807) is 37.7 Å². The first-order valence-corrected chi connectivity index (χ1v) is 15.5. The summed E-state index contributed by atoms with van der Waals surface area (Å²) in [5.74, 6) is 1.10. The highest BCUT2D eigenvalue weighted by molar-refractivity contribution is 7.90. The Morgan fingerprint density at radius 1 is 1.22 bits per heavy atom. The van der Waals surface area contributed by atoms with Crippen molar-refractivity contribution in [1.29, 1.82) is 0 Å². The first kappa shape index (κ1) is 28.9. The summed E-state index contributed by atoms with van der Waals surface area (Å²) < 4.78 is 40.3. The van der Waals surface area contributed by atoms with E-state index < -0.39 is 27.4 Å². The molecule has 0 amide bonds. The number of hydrogen-bond donors (Lipinski definition) is 2. The quantitative estimate of drug-likeness (QED) is 0.266. The molecule has 3 atom stereocenters. The highest BCUT2D eigenvalue weighted by Gasteiger charge is 2.35. The van der Waals surface area contributed by atoms with Gasteiger partial charge in [0.1, 0.15) is 33.7 Å². The van der Waals surface area contributed by atoms with Gasteiger partial charge in [-0.05, 0) is 49.3 Å². The van der Waals surface area contributed by atoms with Crippen LogP contribution in [0, 0.1) is 5.92 Å². The molecule has 5 rings (SSSR count). The van der Waals surface area contributed by atoms with Crippen molar-refractivity contribution >= 4 is 38.2 Å². The van der Waals surface area contributed by atoms with Crippen molar-refractivity contribution in [3.05, 3.63) is 60.1 Å². The van der Waals surface area contributed by atoms with Crippen LogP contribution >= 0.6 is 0 Å². The van der Waals surface area contributed by atoms with Gasteiger partial charge < -0.3 is 25.3 Å². The number of nitrogens with two attached hydrogens (primary N) is 1. The van der Waals surface area contributed by atoms with Gasteiger partial charge >= 0.3 is 5.97 Å². The summed E-state index contributed by atoms with van der Waals surface area (Å²) in [5, 5.41) is 4.70. The lowest BCUT2D eigenvalue weighted by atomic mass is 9.84. The molecule has 3 N–H and O–H groups in total. The third-order valence-corrected chi connectivity index (χ3v) is 8.68. The minimum absolute atomic E-state index is 0.0824. The van der Waals surface area contributed by atoms with Crippen molar-refractivity contribution < 1.29 is 27.4 Å². The summed E-state index contributed by atoms with van der Waals surface area (Å²) >= 11 is 0. The van der Waals surface area contributed by atoms with Crippen LogP contribution in [-0.4, -0.2) is 67.3 Å². The van der Waals surface area contributed by atoms with Gasteiger partial charge in [-0.25, -0.2) is 28.2 Å². The van der Waals surface area contributed by atoms with E-state index >= 15 is 0 Å². The molecule has 0 bridgehead atoms. The number of rotatable bonds is 10. The van der Waals surface area contributed by atoms with Gasteiger partial charge in [-0.3, -0.25) is 0 Å². The normalized spacial score (nSPS) is 23.6. The van der Waals surface area contributed by atoms with Gasteiger partial charge in [-0.2, -0.15) is 0 Å². The molecule has 3 aromatic rings. The summed E-state index contributed by atoms with van der Waals surface area (Å²) in [4.78, 5) is 26.3. The summed E-state index contributed by atoms with van der Waals surface area (Å²) in [5.41, 5.74) is 7.60. The zero-order valence-corrected chi connectivity index (χ0v) is 24.4. The van der Waals surface area contributed by atoms with Gasteiger partial charge in [0.2, 0.25) is 5.88 Å². The van der Waals surface area contributed by atoms with Crippen LogP contribution in [0.3, 0.4) is 0 Å². The maximum absolute atomic E-state index is 12.4. The number of methoxy groups -OCH3 is 1. The Morgan fingerprint density at radius 2 is 1.98 bits per heavy atom. The fraction of sp³-hybridized carbons (Fsp3) is 0.448. The molecule has 4 heterocycles. The van der Waals surface area contributed by atoms with Gasteiger partial charge in [0.05, 0.1) is 34.5 Å². The van der Waals surface area contributed by atoms with Gasteiger partial charge in [0.15, 0.2) is 0 Å². The standard InChI is InChI=1S/C29H35N5O6S/c1-6-23-16(2)26-19(28(35)40-23)7-8-24(34-26)33-25-11-20-21(12-31-25)27(32-13-22(20)29(3,30)15-38-4)39-18-9-17(10-18)14-41(5,36)37/h6-8,11-13,16-18,23H,1,9-10,14-15,30H2,2-5H3,(H,31,33,34)/t16-,17-,18-,23-,29+/m0/s1. The largest absolute Gasteiger partial charge is 0.474 e. The number of fused-ring (bicyclic) bond motifs is 2. The number of pyridine rings is 3. The van der Waals surface area contributed by atoms with E-state index in [2.05, 4.69) is 21.9 Å². The van der Waals surface area contributed by atoms with E-state index in [1.807, 2.05) is 19.9 Å². The summed E-state index contributed by atoms with van der Waals surface area (Å²) in [6.07, 6.45) is 6.92. The first-order chi connectivity index (χ1) is 19.4. The number of nitrogens with one attached hydrogen (secondary N) is 1. The molecule has 1 aliphatic carbocycles. The second-order valence-electron chi connectivity index (χ2n) is 11.3. The topological polar surface area (TPSA) is 156 Å². The monoisotopic (exact) mass is 581 g/mol. The fourth-order valence-corrected chi connectivity index (χ4v) is 6.62. The molecule has 3 aromatic heterocycles. The van der Waals surface area contributed by atoms with Crippen molar-refractivity contribution in [3.63, 3.8) is 0 Å². The first-order valence-electron chi connectivity index (χ1n) is 13.4. The molecule has 0 spiro atoms. The summed E-state index contributed by atoms with van der Waals surface area (Å²) in [6, 6.07) is 5.26. The Bertz CT molecular complexity index is 1600. The zero-order valence-electron chi connectivity index (χ0n) is 23.6. The fourth-order valence-electron chi connectivity index (χ4n) is 5.49. The second kappa shape index (κ2) is 11.0. The predicted molar refractivity (Wildman–Crippen MR) is 155 cm³/mol. The van der Waals surface area contributed by atoms with E-state index in [1.165, 1.54) is 6.26 Å². The lowest BCUT2D eigenvalue weighted by Crippen LogP contribution is -2.39. The molecule has 11 nitrogen and oxygen atoms in total. The third kappa shape index (κ3) is 6.04. The molecule has 12 heteroatoms. The lowest BCUT2D eigenvalue weighted by Gasteiger charge is -2.35. The van der Waals surface area contributed by atoms with E-state index in [-0.39, 0.29) is 30.3 Å². The van der Waals surface area contributed by atoms with Crippen LogP contribution in [-0.2, 0) is 24.8 Å². The number of nitrogens with zero attached hydrogens (tertiary/aromatic N) is 3. The number of ether oxygens (including phenoxy) is 3. The zero-order chi connectivity index (χ0) is 29.5. The number of carbonyl (C=O) groups excluding carboxylic acids is 1. The number of hydrogen-bond acceptors (Lipinski definition) is 11. The minimum Gasteiger partial charge on any atom is -0.474 e. The Morgan fingerprint density at radius 3 is 2.66 bits per heavy atom. The number of carbonyl (C=O) groups is 1. The number of anilines is 2. The highest BCUT2D eigenvalue weighted by atomic mass is 32.2. The van der Waals surface area contributed by atoms with E-state index in [9.17, 15) is 13.2 Å². The number of sulfone groups is 1. The van der Waals surface area contributed by atoms with Crippen LogP contribution in [0.25, 0.3) is 10.8 Å². The van der Waals surface area contributed by atoms with Crippen LogP contribution in [0.15, 0.2) is 43.2 Å². The van der Waals surface area contributed by atoms with Gasteiger partial charge in [0, 0.05) is 37.2 Å². The molecule has 218 valence electrons. The smallest absolute Gasteiger partial charge is 0.340 e. The molecular formula is C29H35N5O6S. The van der Waals surface area contributed by atoms with Crippen LogP contribution in [0.5, 0.6) is 5.88 Å². The van der Waals surface area contributed by atoms with Crippen LogP contribution in [0.4, 0.5) is 11.6 Å². The molecule has 1 aliphatic heterocycles. The molecular weight excluding hydrogens is 546 g/mol. The van der Waals surface area contributed by atoms with Crippen molar-refractivity contribution in [2.24, 2.45) is 11.7 Å². The number of esters is 1. The average molecular weight is 582 g/mol. The minimum atomic E-state index is -3.03. The maximum atomic E-state index is 12.4. The molecule has 0 radical (unpaired) electrons. The van der Waals surface area contributed by atoms with Gasteiger partial charge in [-0.15, -0.1) is 0 Å². The van der Waals surface area contributed by atoms with Crippen LogP contribution < -0.4 is 15.8 Å². The summed E-state index contributed by atoms with van der Waals surface area (Å²) in [6.45, 7) is 7.83. The number of cyclic esters (lactones) is 1. The Hall–Kier alpha value is -3.61. The molecule has 2 aliphatic rings. The Kier molecular flexibility index (Phi) is 7.75. The van der Waals surface area contributed by atoms with Gasteiger partial charge in [-0.1, -0.05) is 19.6 Å². The Labute approximate surface area is 239 Å². The molecule has 1 saturated carbocycles. The van der Waals surface area contributed by atoms with E-state index in [0.717, 1.165) is 10.9 Å². The summed E-state index contributed by atoms with van der Waals surface area (Å²) in [7, 11) is -1.45. The molecule has 0 saturated heterocycles. The average Bonchev–Trinajstić information content (AvgIpc) is 2.88. The molecule has 0 aromatic carbocycles. The van der Waals surface area contributed by atoms with Gasteiger partial charge in [0.25, 0.3) is 0 Å². The van der Waals surface area contributed by atoms with Crippen molar-refractivity contribution in [2.45, 2.75) is 50.4 Å². The lowest BCUT2D eigenvalue weighted by molar-refractivity contribution is 0.0302. The second-order valence-corrected chi connectivity index (χ2v) is 13.4. The third-order valence-electron chi connectivity index (χ3n) is 7.60. The maximum Gasteiger partial charge on any atom is 0.340 e.